The highest BCUT2D eigenvalue weighted by atomic mass is 32.2. The first-order chi connectivity index (χ1) is 14.0. The zero-order chi connectivity index (χ0) is 22.1. The maximum Gasteiger partial charge on any atom is 0.324 e. The Hall–Kier alpha value is -1.86. The van der Waals surface area contributed by atoms with Crippen molar-refractivity contribution in [3.63, 3.8) is 0 Å². The number of ether oxygens (including phenoxy) is 2. The van der Waals surface area contributed by atoms with Crippen molar-refractivity contribution in [1.29, 1.82) is 0 Å². The molecule has 1 aliphatic carbocycles. The summed E-state index contributed by atoms with van der Waals surface area (Å²) in [4.78, 5) is 12.8. The molecule has 0 radical (unpaired) electrons. The van der Waals surface area contributed by atoms with Gasteiger partial charge < -0.3 is 9.47 Å². The van der Waals surface area contributed by atoms with Crippen LogP contribution in [0.1, 0.15) is 58.4 Å². The van der Waals surface area contributed by atoms with Gasteiger partial charge in [-0.1, -0.05) is 12.1 Å². The third-order valence-electron chi connectivity index (χ3n) is 5.65. The summed E-state index contributed by atoms with van der Waals surface area (Å²) in [6.45, 7) is 11.4. The Morgan fingerprint density at radius 3 is 2.60 bits per heavy atom. The van der Waals surface area contributed by atoms with E-state index in [0.29, 0.717) is 18.6 Å². The summed E-state index contributed by atoms with van der Waals surface area (Å²) in [6, 6.07) is 4.31. The Balaban J connectivity index is 1.92. The fourth-order valence-electron chi connectivity index (χ4n) is 4.21. The van der Waals surface area contributed by atoms with Crippen molar-refractivity contribution >= 4 is 16.0 Å². The third kappa shape index (κ3) is 4.89. The molecule has 6 nitrogen and oxygen atoms in total. The zero-order valence-corrected chi connectivity index (χ0v) is 19.2. The number of nitrogens with zero attached hydrogens (tertiary/aromatic N) is 1. The Morgan fingerprint density at radius 2 is 1.93 bits per heavy atom. The van der Waals surface area contributed by atoms with Crippen molar-refractivity contribution in [2.45, 2.75) is 82.4 Å². The highest BCUT2D eigenvalue weighted by Gasteiger charge is 2.43. The molecule has 0 N–H and O–H groups in total. The number of rotatable bonds is 6. The Bertz CT molecular complexity index is 903. The molecule has 0 spiro atoms. The van der Waals surface area contributed by atoms with Gasteiger partial charge in [0, 0.05) is 12.5 Å². The lowest BCUT2D eigenvalue weighted by molar-refractivity contribution is -0.158. The van der Waals surface area contributed by atoms with E-state index in [1.165, 1.54) is 4.31 Å². The largest absolute Gasteiger partial charge is 0.488 e. The molecule has 0 bridgehead atoms. The van der Waals surface area contributed by atoms with Gasteiger partial charge in [0.05, 0.1) is 0 Å². The van der Waals surface area contributed by atoms with Gasteiger partial charge in [-0.3, -0.25) is 4.79 Å². The predicted octanol–water partition coefficient (Wildman–Crippen LogP) is 4.22. The number of esters is 1. The van der Waals surface area contributed by atoms with Gasteiger partial charge in [0.15, 0.2) is 0 Å². The standard InChI is InChI=1S/C23H33NO5S/c1-6-17-9-7-11-19(17)28-20-15-16(2)12-13-21(20)30(26,27)24-14-8-10-18(24)22(25)29-23(3,4)5/h6,12-13,15,17-19H,1,7-11,14H2,2-5H3/t17-,18+,19+/m1/s1. The molecule has 3 atom stereocenters. The van der Waals surface area contributed by atoms with Gasteiger partial charge in [0.1, 0.15) is 28.4 Å². The van der Waals surface area contributed by atoms with Crippen molar-refractivity contribution in [2.24, 2.45) is 5.92 Å². The van der Waals surface area contributed by atoms with Crippen LogP contribution >= 0.6 is 0 Å². The second kappa shape index (κ2) is 8.71. The molecule has 1 saturated heterocycles. The summed E-state index contributed by atoms with van der Waals surface area (Å²) < 4.78 is 40.2. The van der Waals surface area contributed by atoms with E-state index in [9.17, 15) is 13.2 Å². The number of hydrogen-bond acceptors (Lipinski definition) is 5. The van der Waals surface area contributed by atoms with E-state index in [-0.39, 0.29) is 23.5 Å². The van der Waals surface area contributed by atoms with Gasteiger partial charge >= 0.3 is 5.97 Å². The lowest BCUT2D eigenvalue weighted by Gasteiger charge is -2.28. The molecule has 166 valence electrons. The SMILES string of the molecule is C=C[C@@H]1CCC[C@@H]1Oc1cc(C)ccc1S(=O)(=O)N1CCC[C@H]1C(=O)OC(C)(C)C. The van der Waals surface area contributed by atoms with E-state index in [0.717, 1.165) is 24.8 Å². The lowest BCUT2D eigenvalue weighted by atomic mass is 10.1. The van der Waals surface area contributed by atoms with Crippen LogP contribution in [0.3, 0.4) is 0 Å². The van der Waals surface area contributed by atoms with Gasteiger partial charge in [-0.2, -0.15) is 4.31 Å². The van der Waals surface area contributed by atoms with E-state index in [1.807, 2.05) is 13.0 Å². The summed E-state index contributed by atoms with van der Waals surface area (Å²) in [5, 5.41) is 0. The molecule has 2 aliphatic rings. The highest BCUT2D eigenvalue weighted by molar-refractivity contribution is 7.89. The molecule has 7 heteroatoms. The van der Waals surface area contributed by atoms with E-state index >= 15 is 0 Å². The van der Waals surface area contributed by atoms with Crippen LogP contribution in [0.15, 0.2) is 35.7 Å². The normalized spacial score (nSPS) is 25.3. The maximum atomic E-state index is 13.6. The molecule has 2 fully saturated rings. The van der Waals surface area contributed by atoms with Crippen LogP contribution in [0.2, 0.25) is 0 Å². The second-order valence-corrected chi connectivity index (χ2v) is 11.1. The topological polar surface area (TPSA) is 72.9 Å². The van der Waals surface area contributed by atoms with Gasteiger partial charge in [-0.05, 0) is 77.5 Å². The molecular weight excluding hydrogens is 402 g/mol. The van der Waals surface area contributed by atoms with Crippen LogP contribution in [0.5, 0.6) is 5.75 Å². The molecule has 1 aromatic rings. The average molecular weight is 436 g/mol. The molecular formula is C23H33NO5S. The maximum absolute atomic E-state index is 13.6. The monoisotopic (exact) mass is 435 g/mol. The fourth-order valence-corrected chi connectivity index (χ4v) is 5.96. The molecule has 30 heavy (non-hydrogen) atoms. The van der Waals surface area contributed by atoms with Gasteiger partial charge in [0.2, 0.25) is 10.0 Å². The third-order valence-corrected chi connectivity index (χ3v) is 7.60. The quantitative estimate of drug-likeness (QED) is 0.494. The van der Waals surface area contributed by atoms with Crippen molar-refractivity contribution in [2.75, 3.05) is 6.54 Å². The number of carbonyl (C=O) groups is 1. The van der Waals surface area contributed by atoms with Gasteiger partial charge in [-0.15, -0.1) is 6.58 Å². The molecule has 0 unspecified atom stereocenters. The zero-order valence-electron chi connectivity index (χ0n) is 18.4. The van der Waals surface area contributed by atoms with Crippen LogP contribution < -0.4 is 4.74 Å². The summed E-state index contributed by atoms with van der Waals surface area (Å²) in [5.74, 6) is 0.0617. The minimum Gasteiger partial charge on any atom is -0.488 e. The summed E-state index contributed by atoms with van der Waals surface area (Å²) in [7, 11) is -3.92. The molecule has 0 amide bonds. The van der Waals surface area contributed by atoms with E-state index < -0.39 is 27.6 Å². The van der Waals surface area contributed by atoms with E-state index in [1.54, 1.807) is 39.0 Å². The molecule has 1 heterocycles. The minimum absolute atomic E-state index is 0.0847. The van der Waals surface area contributed by atoms with Crippen LogP contribution in [0, 0.1) is 12.8 Å². The number of benzene rings is 1. The van der Waals surface area contributed by atoms with Crippen molar-refractivity contribution < 1.29 is 22.7 Å². The molecule has 1 aliphatic heterocycles. The predicted molar refractivity (Wildman–Crippen MR) is 116 cm³/mol. The Morgan fingerprint density at radius 1 is 1.20 bits per heavy atom. The van der Waals surface area contributed by atoms with Crippen LogP contribution in [0.4, 0.5) is 0 Å². The molecule has 3 rings (SSSR count). The van der Waals surface area contributed by atoms with Crippen LogP contribution in [-0.2, 0) is 19.6 Å². The first-order valence-corrected chi connectivity index (χ1v) is 12.1. The Kier molecular flexibility index (Phi) is 6.63. The van der Waals surface area contributed by atoms with Crippen molar-refractivity contribution in [1.82, 2.24) is 4.31 Å². The van der Waals surface area contributed by atoms with Crippen LogP contribution in [-0.4, -0.2) is 43.0 Å². The number of carbonyl (C=O) groups excluding carboxylic acids is 1. The highest BCUT2D eigenvalue weighted by Crippen LogP contribution is 2.37. The number of hydrogen-bond donors (Lipinski definition) is 0. The van der Waals surface area contributed by atoms with Gasteiger partial charge in [-0.25, -0.2) is 8.42 Å². The summed E-state index contributed by atoms with van der Waals surface area (Å²) >= 11 is 0. The Labute approximate surface area is 180 Å². The summed E-state index contributed by atoms with van der Waals surface area (Å²) in [5.41, 5.74) is 0.247. The lowest BCUT2D eigenvalue weighted by Crippen LogP contribution is -2.43. The first-order valence-electron chi connectivity index (χ1n) is 10.7. The molecule has 1 aromatic carbocycles. The number of aryl methyl sites for hydroxylation is 1. The van der Waals surface area contributed by atoms with E-state index in [4.69, 9.17) is 9.47 Å². The first kappa shape index (κ1) is 22.8. The molecule has 0 aromatic heterocycles. The smallest absolute Gasteiger partial charge is 0.324 e. The second-order valence-electron chi connectivity index (χ2n) is 9.24. The fraction of sp³-hybridized carbons (Fsp3) is 0.609. The van der Waals surface area contributed by atoms with Crippen molar-refractivity contribution in [3.05, 3.63) is 36.4 Å². The molecule has 1 saturated carbocycles. The van der Waals surface area contributed by atoms with Crippen LogP contribution in [0.25, 0.3) is 0 Å². The minimum atomic E-state index is -3.92. The average Bonchev–Trinajstić information content (AvgIpc) is 3.29. The van der Waals surface area contributed by atoms with E-state index in [2.05, 4.69) is 6.58 Å². The van der Waals surface area contributed by atoms with Gasteiger partial charge in [0.25, 0.3) is 0 Å². The number of sulfonamides is 1. The van der Waals surface area contributed by atoms with Crippen molar-refractivity contribution in [3.8, 4) is 5.75 Å². The summed E-state index contributed by atoms with van der Waals surface area (Å²) in [6.07, 6.45) is 5.77.